The van der Waals surface area contributed by atoms with E-state index < -0.39 is 11.4 Å². The number of ether oxygens (including phenoxy) is 1. The lowest BCUT2D eigenvalue weighted by molar-refractivity contribution is -0.147. The lowest BCUT2D eigenvalue weighted by Crippen LogP contribution is -2.23. The van der Waals surface area contributed by atoms with E-state index in [2.05, 4.69) is 25.1 Å². The quantitative estimate of drug-likeness (QED) is 0.331. The van der Waals surface area contributed by atoms with Crippen molar-refractivity contribution in [2.24, 2.45) is 5.41 Å². The molecule has 0 bridgehead atoms. The number of benzene rings is 1. The van der Waals surface area contributed by atoms with Crippen LogP contribution in [0.1, 0.15) is 88.3 Å². The van der Waals surface area contributed by atoms with E-state index in [1.165, 1.54) is 16.7 Å². The highest BCUT2D eigenvalue weighted by molar-refractivity contribution is 5.73. The van der Waals surface area contributed by atoms with Crippen molar-refractivity contribution in [3.8, 4) is 0 Å². The molecule has 1 fully saturated rings. The maximum absolute atomic E-state index is 11.2. The van der Waals surface area contributed by atoms with Gasteiger partial charge in [-0.1, -0.05) is 31.0 Å². The van der Waals surface area contributed by atoms with Crippen LogP contribution in [0.3, 0.4) is 0 Å². The summed E-state index contributed by atoms with van der Waals surface area (Å²) in [6.45, 7) is 6.43. The Balaban J connectivity index is 1.71. The summed E-state index contributed by atoms with van der Waals surface area (Å²) in [7, 11) is 0. The summed E-state index contributed by atoms with van der Waals surface area (Å²) < 4.78 is 5.22. The van der Waals surface area contributed by atoms with Gasteiger partial charge in [0.15, 0.2) is 0 Å². The Hall–Kier alpha value is -1.84. The molecule has 2 rings (SSSR count). The minimum Gasteiger partial charge on any atom is -0.481 e. The highest BCUT2D eigenvalue weighted by atomic mass is 16.5. The Kier molecular flexibility index (Phi) is 8.09. The van der Waals surface area contributed by atoms with E-state index in [-0.39, 0.29) is 5.60 Å². The molecule has 1 aliphatic carbocycles. The first-order chi connectivity index (χ1) is 13.3. The molecular formula is C24H36O4. The second-order valence-corrected chi connectivity index (χ2v) is 9.06. The van der Waals surface area contributed by atoms with E-state index in [9.17, 15) is 14.7 Å². The van der Waals surface area contributed by atoms with Crippen LogP contribution in [-0.2, 0) is 27.2 Å². The van der Waals surface area contributed by atoms with Crippen LogP contribution in [0, 0.1) is 12.3 Å². The van der Waals surface area contributed by atoms with Crippen LogP contribution in [0.4, 0.5) is 0 Å². The zero-order valence-corrected chi connectivity index (χ0v) is 17.8. The molecule has 1 aromatic rings. The number of carbonyl (C=O) groups is 2. The number of aryl methyl sites for hydroxylation is 2. The first kappa shape index (κ1) is 22.4. The lowest BCUT2D eigenvalue weighted by atomic mass is 9.86. The van der Waals surface area contributed by atoms with E-state index in [1.807, 2.05) is 0 Å². The number of aliphatic carboxylic acids is 1. The molecule has 0 spiro atoms. The van der Waals surface area contributed by atoms with Gasteiger partial charge in [-0.05, 0) is 95.2 Å². The van der Waals surface area contributed by atoms with Crippen LogP contribution in [0.5, 0.6) is 0 Å². The fraction of sp³-hybridized carbons (Fsp3) is 0.667. The van der Waals surface area contributed by atoms with Crippen molar-refractivity contribution in [2.45, 2.75) is 97.0 Å². The fourth-order valence-corrected chi connectivity index (χ4v) is 3.88. The normalized spacial score (nSPS) is 15.2. The standard InChI is InChI=1S/C24H36O4/c1-19-20(10-5-4-7-14-23(2,3)22(26)27)12-9-13-21(19)11-6-8-15-24(16-17-24)28-18-25/h9,12-13,18H,4-8,10-11,14-17H2,1-3H3,(H,26,27). The summed E-state index contributed by atoms with van der Waals surface area (Å²) in [5.41, 5.74) is 3.49. The van der Waals surface area contributed by atoms with Crippen LogP contribution in [0.2, 0.25) is 0 Å². The van der Waals surface area contributed by atoms with Gasteiger partial charge in [-0.25, -0.2) is 0 Å². The molecule has 1 saturated carbocycles. The Morgan fingerprint density at radius 1 is 1.11 bits per heavy atom. The van der Waals surface area contributed by atoms with Crippen molar-refractivity contribution in [3.63, 3.8) is 0 Å². The Morgan fingerprint density at radius 2 is 1.71 bits per heavy atom. The average Bonchev–Trinajstić information content (AvgIpc) is 3.40. The molecule has 0 saturated heterocycles. The monoisotopic (exact) mass is 388 g/mol. The van der Waals surface area contributed by atoms with Crippen LogP contribution in [0.15, 0.2) is 18.2 Å². The van der Waals surface area contributed by atoms with Gasteiger partial charge < -0.3 is 9.84 Å². The van der Waals surface area contributed by atoms with E-state index in [0.717, 1.165) is 70.6 Å². The molecule has 0 amide bonds. The molecular weight excluding hydrogens is 352 g/mol. The third-order valence-corrected chi connectivity index (χ3v) is 6.32. The summed E-state index contributed by atoms with van der Waals surface area (Å²) in [5, 5.41) is 9.18. The highest BCUT2D eigenvalue weighted by Gasteiger charge is 2.44. The molecule has 0 unspecified atom stereocenters. The summed E-state index contributed by atoms with van der Waals surface area (Å²) in [4.78, 5) is 21.7. The minimum atomic E-state index is -0.707. The van der Waals surface area contributed by atoms with Gasteiger partial charge in [0.05, 0.1) is 5.41 Å². The van der Waals surface area contributed by atoms with E-state index in [4.69, 9.17) is 4.74 Å². The van der Waals surface area contributed by atoms with E-state index in [0.29, 0.717) is 6.47 Å². The Morgan fingerprint density at radius 3 is 2.25 bits per heavy atom. The maximum Gasteiger partial charge on any atom is 0.309 e. The Bertz CT molecular complexity index is 659. The van der Waals surface area contributed by atoms with Crippen LogP contribution in [0.25, 0.3) is 0 Å². The van der Waals surface area contributed by atoms with Gasteiger partial charge in [0.2, 0.25) is 0 Å². The summed E-state index contributed by atoms with van der Waals surface area (Å²) >= 11 is 0. The van der Waals surface area contributed by atoms with Crippen molar-refractivity contribution in [1.29, 1.82) is 0 Å². The van der Waals surface area contributed by atoms with Gasteiger partial charge in [-0.15, -0.1) is 0 Å². The predicted molar refractivity (Wildman–Crippen MR) is 111 cm³/mol. The van der Waals surface area contributed by atoms with Gasteiger partial charge >= 0.3 is 5.97 Å². The average molecular weight is 389 g/mol. The van der Waals surface area contributed by atoms with E-state index >= 15 is 0 Å². The molecule has 1 aliphatic rings. The molecule has 0 aromatic heterocycles. The number of carbonyl (C=O) groups excluding carboxylic acids is 1. The molecule has 28 heavy (non-hydrogen) atoms. The van der Waals surface area contributed by atoms with Gasteiger partial charge in [0, 0.05) is 0 Å². The summed E-state index contributed by atoms with van der Waals surface area (Å²) in [6.07, 6.45) is 11.2. The molecule has 4 nitrogen and oxygen atoms in total. The predicted octanol–water partition coefficient (Wildman–Crippen LogP) is 5.63. The largest absolute Gasteiger partial charge is 0.481 e. The van der Waals surface area contributed by atoms with Gasteiger partial charge in [-0.2, -0.15) is 0 Å². The van der Waals surface area contributed by atoms with E-state index in [1.54, 1.807) is 13.8 Å². The summed E-state index contributed by atoms with van der Waals surface area (Å²) in [5.74, 6) is -0.707. The van der Waals surface area contributed by atoms with Crippen molar-refractivity contribution in [2.75, 3.05) is 0 Å². The molecule has 0 heterocycles. The second kappa shape index (κ2) is 10.1. The SMILES string of the molecule is Cc1c(CCCCCC(C)(C)C(=O)O)cccc1CCCCC1(OC=O)CC1. The topological polar surface area (TPSA) is 63.6 Å². The maximum atomic E-state index is 11.2. The first-order valence-electron chi connectivity index (χ1n) is 10.7. The molecule has 1 aromatic carbocycles. The Labute approximate surface area is 169 Å². The van der Waals surface area contributed by atoms with Gasteiger partial charge in [-0.3, -0.25) is 9.59 Å². The van der Waals surface area contributed by atoms with Crippen LogP contribution >= 0.6 is 0 Å². The molecule has 156 valence electrons. The molecule has 1 N–H and O–H groups in total. The first-order valence-corrected chi connectivity index (χ1v) is 10.7. The molecule has 4 heteroatoms. The zero-order chi connectivity index (χ0) is 20.6. The third kappa shape index (κ3) is 6.65. The molecule has 0 atom stereocenters. The molecule has 0 radical (unpaired) electrons. The minimum absolute atomic E-state index is 0.131. The van der Waals surface area contributed by atoms with Gasteiger partial charge in [0.25, 0.3) is 6.47 Å². The van der Waals surface area contributed by atoms with Crippen LogP contribution < -0.4 is 0 Å². The number of hydrogen-bond donors (Lipinski definition) is 1. The van der Waals surface area contributed by atoms with Crippen LogP contribution in [-0.4, -0.2) is 23.1 Å². The summed E-state index contributed by atoms with van der Waals surface area (Å²) in [6, 6.07) is 6.60. The number of rotatable bonds is 14. The highest BCUT2D eigenvalue weighted by Crippen LogP contribution is 2.43. The number of carboxylic acid groups (broad SMARTS) is 1. The lowest BCUT2D eigenvalue weighted by Gasteiger charge is -2.18. The van der Waals surface area contributed by atoms with Crippen molar-refractivity contribution in [1.82, 2.24) is 0 Å². The molecule has 0 aliphatic heterocycles. The van der Waals surface area contributed by atoms with Gasteiger partial charge in [0.1, 0.15) is 5.60 Å². The fourth-order valence-electron chi connectivity index (χ4n) is 3.88. The number of unbranched alkanes of at least 4 members (excludes halogenated alkanes) is 3. The second-order valence-electron chi connectivity index (χ2n) is 9.06. The third-order valence-electron chi connectivity index (χ3n) is 6.32. The smallest absolute Gasteiger partial charge is 0.309 e. The number of carboxylic acids is 1. The number of hydrogen-bond acceptors (Lipinski definition) is 3. The van der Waals surface area contributed by atoms with Crippen molar-refractivity contribution < 1.29 is 19.4 Å². The zero-order valence-electron chi connectivity index (χ0n) is 17.8. The van der Waals surface area contributed by atoms with Crippen molar-refractivity contribution in [3.05, 3.63) is 34.9 Å². The van der Waals surface area contributed by atoms with Crippen molar-refractivity contribution >= 4 is 12.4 Å².